The molecule has 2 aliphatic heterocycles. The minimum Gasteiger partial charge on any atom is -0.379 e. The fraction of sp³-hybridized carbons (Fsp3) is 0.632. The molecule has 2 fully saturated rings. The van der Waals surface area contributed by atoms with Crippen LogP contribution in [0.1, 0.15) is 28.8 Å². The van der Waals surface area contributed by atoms with Gasteiger partial charge in [0, 0.05) is 43.2 Å². The maximum absolute atomic E-state index is 13.0. The molecule has 2 saturated heterocycles. The molecule has 5 heteroatoms. The molecular weight excluding hydrogens is 320 g/mol. The molecule has 2 heterocycles. The molecule has 3 rings (SSSR count). The molecule has 0 saturated carbocycles. The molecule has 0 aromatic heterocycles. The normalized spacial score (nSPS) is 22.6. The summed E-state index contributed by atoms with van der Waals surface area (Å²) in [5, 5.41) is 0. The van der Waals surface area contributed by atoms with Crippen LogP contribution in [0.25, 0.3) is 0 Å². The van der Waals surface area contributed by atoms with Crippen LogP contribution in [-0.4, -0.2) is 67.9 Å². The minimum atomic E-state index is 0.204. The van der Waals surface area contributed by atoms with E-state index in [1.807, 2.05) is 13.0 Å². The quantitative estimate of drug-likeness (QED) is 0.784. The van der Waals surface area contributed by atoms with Gasteiger partial charge < -0.3 is 9.64 Å². The van der Waals surface area contributed by atoms with Gasteiger partial charge >= 0.3 is 0 Å². The Morgan fingerprint density at radius 2 is 2.08 bits per heavy atom. The molecule has 1 unspecified atom stereocenters. The topological polar surface area (TPSA) is 32.8 Å². The molecule has 0 radical (unpaired) electrons. The van der Waals surface area contributed by atoms with Crippen LogP contribution in [0.15, 0.2) is 23.1 Å². The van der Waals surface area contributed by atoms with Crippen LogP contribution >= 0.6 is 11.8 Å². The first kappa shape index (κ1) is 17.8. The molecule has 1 aromatic rings. The Labute approximate surface area is 149 Å². The number of hydrogen-bond donors (Lipinski definition) is 0. The lowest BCUT2D eigenvalue weighted by atomic mass is 9.96. The molecule has 0 bridgehead atoms. The van der Waals surface area contributed by atoms with Gasteiger partial charge in [0.1, 0.15) is 0 Å². The van der Waals surface area contributed by atoms with Crippen molar-refractivity contribution in [3.8, 4) is 0 Å². The zero-order chi connectivity index (χ0) is 16.9. The molecule has 132 valence electrons. The average molecular weight is 349 g/mol. The summed E-state index contributed by atoms with van der Waals surface area (Å²) in [6, 6.07) is 6.20. The Kier molecular flexibility index (Phi) is 6.19. The van der Waals surface area contributed by atoms with Gasteiger partial charge in [-0.2, -0.15) is 0 Å². The summed E-state index contributed by atoms with van der Waals surface area (Å²) in [5.74, 6) is 0.792. The predicted molar refractivity (Wildman–Crippen MR) is 98.8 cm³/mol. The van der Waals surface area contributed by atoms with E-state index in [4.69, 9.17) is 4.74 Å². The largest absolute Gasteiger partial charge is 0.379 e. The summed E-state index contributed by atoms with van der Waals surface area (Å²) in [6.45, 7) is 8.65. The van der Waals surface area contributed by atoms with E-state index in [2.05, 4.69) is 28.2 Å². The standard InChI is InChI=1S/C19H28N2O2S/c1-15-5-6-17(24-2)12-18(15)19(22)21-7-3-4-16(14-21)13-20-8-10-23-11-9-20/h5-6,12,16H,3-4,7-11,13-14H2,1-2H3. The Morgan fingerprint density at radius 3 is 2.83 bits per heavy atom. The maximum atomic E-state index is 13.0. The zero-order valence-electron chi connectivity index (χ0n) is 14.8. The van der Waals surface area contributed by atoms with Gasteiger partial charge in [0.2, 0.25) is 0 Å². The first-order chi connectivity index (χ1) is 11.7. The number of likely N-dealkylation sites (tertiary alicyclic amines) is 1. The van der Waals surface area contributed by atoms with E-state index in [0.717, 1.165) is 68.4 Å². The van der Waals surface area contributed by atoms with Crippen molar-refractivity contribution < 1.29 is 9.53 Å². The number of nitrogens with zero attached hydrogens (tertiary/aromatic N) is 2. The number of amides is 1. The summed E-state index contributed by atoms with van der Waals surface area (Å²) in [5.41, 5.74) is 1.95. The van der Waals surface area contributed by atoms with E-state index >= 15 is 0 Å². The molecule has 4 nitrogen and oxygen atoms in total. The lowest BCUT2D eigenvalue weighted by Gasteiger charge is -2.37. The van der Waals surface area contributed by atoms with Crippen molar-refractivity contribution in [2.45, 2.75) is 24.7 Å². The van der Waals surface area contributed by atoms with Gasteiger partial charge in [0.15, 0.2) is 0 Å². The average Bonchev–Trinajstić information content (AvgIpc) is 2.63. The second kappa shape index (κ2) is 8.37. The van der Waals surface area contributed by atoms with E-state index in [0.29, 0.717) is 5.92 Å². The Morgan fingerprint density at radius 1 is 1.29 bits per heavy atom. The molecule has 1 aromatic carbocycles. The lowest BCUT2D eigenvalue weighted by Crippen LogP contribution is -2.46. The molecular formula is C19H28N2O2S. The number of carbonyl (C=O) groups is 1. The summed E-state index contributed by atoms with van der Waals surface area (Å²) in [7, 11) is 0. The zero-order valence-corrected chi connectivity index (χ0v) is 15.6. The summed E-state index contributed by atoms with van der Waals surface area (Å²) >= 11 is 1.69. The fourth-order valence-electron chi connectivity index (χ4n) is 3.68. The third kappa shape index (κ3) is 4.32. The van der Waals surface area contributed by atoms with E-state index in [1.54, 1.807) is 11.8 Å². The Bertz CT molecular complexity index is 572. The number of thioether (sulfide) groups is 1. The number of hydrogen-bond acceptors (Lipinski definition) is 4. The Hall–Kier alpha value is -1.04. The van der Waals surface area contributed by atoms with Crippen LogP contribution in [0, 0.1) is 12.8 Å². The summed E-state index contributed by atoms with van der Waals surface area (Å²) < 4.78 is 5.43. The number of piperidine rings is 1. The highest BCUT2D eigenvalue weighted by atomic mass is 32.2. The highest BCUT2D eigenvalue weighted by Crippen LogP contribution is 2.24. The molecule has 0 aliphatic carbocycles. The third-order valence-corrected chi connectivity index (χ3v) is 5.83. The van der Waals surface area contributed by atoms with Gasteiger partial charge in [-0.15, -0.1) is 11.8 Å². The third-order valence-electron chi connectivity index (χ3n) is 5.10. The second-order valence-corrected chi connectivity index (χ2v) is 7.73. The van der Waals surface area contributed by atoms with E-state index < -0.39 is 0 Å². The highest BCUT2D eigenvalue weighted by molar-refractivity contribution is 7.98. The highest BCUT2D eigenvalue weighted by Gasteiger charge is 2.27. The summed E-state index contributed by atoms with van der Waals surface area (Å²) in [4.78, 5) is 18.7. The Balaban J connectivity index is 1.64. The van der Waals surface area contributed by atoms with Gasteiger partial charge in [-0.3, -0.25) is 9.69 Å². The lowest BCUT2D eigenvalue weighted by molar-refractivity contribution is 0.0223. The van der Waals surface area contributed by atoms with Crippen LogP contribution < -0.4 is 0 Å². The van der Waals surface area contributed by atoms with Crippen LogP contribution in [0.4, 0.5) is 0 Å². The molecule has 1 atom stereocenters. The molecule has 0 spiro atoms. The van der Waals surface area contributed by atoms with Gasteiger partial charge in [0.05, 0.1) is 13.2 Å². The first-order valence-corrected chi connectivity index (χ1v) is 10.1. The van der Waals surface area contributed by atoms with Gasteiger partial charge in [0.25, 0.3) is 5.91 Å². The second-order valence-electron chi connectivity index (χ2n) is 6.85. The number of benzene rings is 1. The van der Waals surface area contributed by atoms with Crippen molar-refractivity contribution in [2.75, 3.05) is 52.2 Å². The van der Waals surface area contributed by atoms with Gasteiger partial charge in [-0.25, -0.2) is 0 Å². The van der Waals surface area contributed by atoms with Crippen molar-refractivity contribution in [3.05, 3.63) is 29.3 Å². The SMILES string of the molecule is CSc1ccc(C)c(C(=O)N2CCCC(CN3CCOCC3)C2)c1. The minimum absolute atomic E-state index is 0.204. The predicted octanol–water partition coefficient (Wildman–Crippen LogP) is 2.90. The van der Waals surface area contributed by atoms with Crippen molar-refractivity contribution in [3.63, 3.8) is 0 Å². The summed E-state index contributed by atoms with van der Waals surface area (Å²) in [6.07, 6.45) is 4.39. The number of ether oxygens (including phenoxy) is 1. The molecule has 1 amide bonds. The molecule has 0 N–H and O–H groups in total. The first-order valence-electron chi connectivity index (χ1n) is 8.91. The number of carbonyl (C=O) groups excluding carboxylic acids is 1. The molecule has 2 aliphatic rings. The van der Waals surface area contributed by atoms with E-state index in [9.17, 15) is 4.79 Å². The van der Waals surface area contributed by atoms with Crippen molar-refractivity contribution in [1.29, 1.82) is 0 Å². The fourth-order valence-corrected chi connectivity index (χ4v) is 4.12. The van der Waals surface area contributed by atoms with Gasteiger partial charge in [-0.05, 0) is 49.6 Å². The van der Waals surface area contributed by atoms with Crippen molar-refractivity contribution in [2.24, 2.45) is 5.92 Å². The van der Waals surface area contributed by atoms with Crippen molar-refractivity contribution in [1.82, 2.24) is 9.80 Å². The monoisotopic (exact) mass is 348 g/mol. The number of rotatable bonds is 4. The van der Waals surface area contributed by atoms with Gasteiger partial charge in [-0.1, -0.05) is 6.07 Å². The van der Waals surface area contributed by atoms with E-state index in [1.165, 1.54) is 6.42 Å². The number of morpholine rings is 1. The molecule has 24 heavy (non-hydrogen) atoms. The van der Waals surface area contributed by atoms with Crippen LogP contribution in [0.5, 0.6) is 0 Å². The van der Waals surface area contributed by atoms with Crippen LogP contribution in [0.3, 0.4) is 0 Å². The van der Waals surface area contributed by atoms with Crippen molar-refractivity contribution >= 4 is 17.7 Å². The smallest absolute Gasteiger partial charge is 0.254 e. The maximum Gasteiger partial charge on any atom is 0.254 e. The van der Waals surface area contributed by atoms with Crippen LogP contribution in [0.2, 0.25) is 0 Å². The van der Waals surface area contributed by atoms with E-state index in [-0.39, 0.29) is 5.91 Å². The number of aryl methyl sites for hydroxylation is 1. The van der Waals surface area contributed by atoms with Crippen LogP contribution in [-0.2, 0) is 4.74 Å².